The minimum absolute atomic E-state index is 0.0377. The van der Waals surface area contributed by atoms with Crippen LogP contribution < -0.4 is 9.47 Å². The highest BCUT2D eigenvalue weighted by Crippen LogP contribution is 2.44. The largest absolute Gasteiger partial charge is 0.507 e. The van der Waals surface area contributed by atoms with Crippen molar-refractivity contribution in [1.29, 1.82) is 0 Å². The fraction of sp³-hybridized carbons (Fsp3) is 0.394. The SMILES string of the molecule is COc1c(O)c(CC=C(C)CCC=C(C)C)cc(Oc2cc(O)c(CC=C(C)C)c(O)c2)c1CC=C(C)C. The number of ether oxygens (including phenoxy) is 2. The van der Waals surface area contributed by atoms with E-state index in [0.29, 0.717) is 53.2 Å². The third-order valence-corrected chi connectivity index (χ3v) is 6.19. The van der Waals surface area contributed by atoms with E-state index in [4.69, 9.17) is 9.47 Å². The van der Waals surface area contributed by atoms with Crippen molar-refractivity contribution in [2.75, 3.05) is 7.11 Å². The second kappa shape index (κ2) is 14.4. The lowest BCUT2D eigenvalue weighted by molar-refractivity contribution is 0.362. The number of phenols is 3. The average molecular weight is 521 g/mol. The highest BCUT2D eigenvalue weighted by Gasteiger charge is 2.20. The first kappa shape index (κ1) is 30.6. The van der Waals surface area contributed by atoms with Gasteiger partial charge in [0, 0.05) is 28.8 Å². The van der Waals surface area contributed by atoms with E-state index in [1.807, 2.05) is 45.9 Å². The standard InChI is InChI=1S/C33H44O5/c1-21(2)10-9-11-24(7)14-15-25-18-31(28(17-13-23(5)6)33(37-8)32(25)36)38-26-19-29(34)27(30(35)20-26)16-12-22(3)4/h10,12-14,18-20,34-36H,9,11,15-17H2,1-8H3. The van der Waals surface area contributed by atoms with Crippen LogP contribution in [0.5, 0.6) is 34.5 Å². The smallest absolute Gasteiger partial charge is 0.168 e. The molecule has 2 rings (SSSR count). The van der Waals surface area contributed by atoms with Gasteiger partial charge in [0.15, 0.2) is 11.5 Å². The first-order chi connectivity index (χ1) is 17.9. The van der Waals surface area contributed by atoms with Crippen LogP contribution in [-0.4, -0.2) is 22.4 Å². The number of hydrogen-bond donors (Lipinski definition) is 3. The molecule has 0 saturated carbocycles. The third-order valence-electron chi connectivity index (χ3n) is 6.19. The molecule has 0 fully saturated rings. The van der Waals surface area contributed by atoms with Crippen LogP contribution in [0.1, 0.15) is 78.0 Å². The number of methoxy groups -OCH3 is 1. The monoisotopic (exact) mass is 520 g/mol. The topological polar surface area (TPSA) is 79.2 Å². The predicted molar refractivity (Wildman–Crippen MR) is 157 cm³/mol. The van der Waals surface area contributed by atoms with Crippen molar-refractivity contribution in [3.05, 3.63) is 81.5 Å². The number of hydrogen-bond acceptors (Lipinski definition) is 5. The van der Waals surface area contributed by atoms with E-state index in [1.165, 1.54) is 30.4 Å². The first-order valence-corrected chi connectivity index (χ1v) is 13.1. The lowest BCUT2D eigenvalue weighted by atomic mass is 9.99. The molecule has 0 spiro atoms. The normalized spacial score (nSPS) is 11.1. The fourth-order valence-electron chi connectivity index (χ4n) is 3.97. The Balaban J connectivity index is 2.51. The van der Waals surface area contributed by atoms with Crippen LogP contribution >= 0.6 is 0 Å². The highest BCUT2D eigenvalue weighted by atomic mass is 16.5. The summed E-state index contributed by atoms with van der Waals surface area (Å²) in [6.45, 7) is 14.2. The van der Waals surface area contributed by atoms with E-state index in [9.17, 15) is 15.3 Å². The number of aromatic hydroxyl groups is 3. The zero-order chi connectivity index (χ0) is 28.4. The van der Waals surface area contributed by atoms with Gasteiger partial charge in [-0.25, -0.2) is 0 Å². The van der Waals surface area contributed by atoms with E-state index in [2.05, 4.69) is 32.9 Å². The van der Waals surface area contributed by atoms with Crippen LogP contribution in [-0.2, 0) is 19.3 Å². The fourth-order valence-corrected chi connectivity index (χ4v) is 3.97. The number of phenolic OH excluding ortho intramolecular Hbond substituents is 3. The van der Waals surface area contributed by atoms with Gasteiger partial charge in [0.2, 0.25) is 0 Å². The van der Waals surface area contributed by atoms with Crippen molar-refractivity contribution in [2.45, 2.75) is 80.6 Å². The Morgan fingerprint density at radius 3 is 1.79 bits per heavy atom. The number of benzene rings is 2. The van der Waals surface area contributed by atoms with Crippen molar-refractivity contribution in [1.82, 2.24) is 0 Å². The number of rotatable bonds is 12. The van der Waals surface area contributed by atoms with Crippen LogP contribution in [0.2, 0.25) is 0 Å². The Labute approximate surface area is 228 Å². The molecular weight excluding hydrogens is 476 g/mol. The molecule has 0 aromatic heterocycles. The second-order valence-electron chi connectivity index (χ2n) is 10.5. The molecule has 0 atom stereocenters. The van der Waals surface area contributed by atoms with Crippen molar-refractivity contribution in [3.63, 3.8) is 0 Å². The van der Waals surface area contributed by atoms with Gasteiger partial charge in [-0.2, -0.15) is 0 Å². The van der Waals surface area contributed by atoms with E-state index >= 15 is 0 Å². The summed E-state index contributed by atoms with van der Waals surface area (Å²) >= 11 is 0. The van der Waals surface area contributed by atoms with E-state index in [1.54, 1.807) is 0 Å². The van der Waals surface area contributed by atoms with Gasteiger partial charge in [0.05, 0.1) is 7.11 Å². The molecule has 0 unspecified atom stereocenters. The molecule has 38 heavy (non-hydrogen) atoms. The molecule has 5 heteroatoms. The van der Waals surface area contributed by atoms with Gasteiger partial charge in [-0.1, -0.05) is 46.6 Å². The summed E-state index contributed by atoms with van der Waals surface area (Å²) in [7, 11) is 1.53. The van der Waals surface area contributed by atoms with Gasteiger partial charge in [0.1, 0.15) is 23.0 Å². The summed E-state index contributed by atoms with van der Waals surface area (Å²) < 4.78 is 11.9. The van der Waals surface area contributed by atoms with Crippen molar-refractivity contribution in [3.8, 4) is 34.5 Å². The molecule has 206 valence electrons. The van der Waals surface area contributed by atoms with Crippen LogP contribution in [0.3, 0.4) is 0 Å². The van der Waals surface area contributed by atoms with Crippen LogP contribution in [0.25, 0.3) is 0 Å². The molecule has 3 N–H and O–H groups in total. The molecule has 0 radical (unpaired) electrons. The Kier molecular flexibility index (Phi) is 11.6. The van der Waals surface area contributed by atoms with Crippen LogP contribution in [0.15, 0.2) is 64.8 Å². The maximum absolute atomic E-state index is 11.1. The molecule has 0 saturated heterocycles. The van der Waals surface area contributed by atoms with Gasteiger partial charge in [-0.05, 0) is 86.6 Å². The predicted octanol–water partition coefficient (Wildman–Crippen LogP) is 8.86. The second-order valence-corrected chi connectivity index (χ2v) is 10.5. The van der Waals surface area contributed by atoms with Crippen molar-refractivity contribution < 1.29 is 24.8 Å². The molecular formula is C33H44O5. The highest BCUT2D eigenvalue weighted by molar-refractivity contribution is 5.60. The minimum atomic E-state index is -0.0377. The van der Waals surface area contributed by atoms with Gasteiger partial charge in [-0.15, -0.1) is 0 Å². The molecule has 0 aliphatic heterocycles. The quantitative estimate of drug-likeness (QED) is 0.244. The lowest BCUT2D eigenvalue weighted by Gasteiger charge is -2.19. The summed E-state index contributed by atoms with van der Waals surface area (Å²) in [5, 5.41) is 32.3. The van der Waals surface area contributed by atoms with Crippen molar-refractivity contribution in [2.24, 2.45) is 0 Å². The molecule has 2 aromatic rings. The molecule has 0 heterocycles. The summed E-state index contributed by atoms with van der Waals surface area (Å²) in [5.74, 6) is 1.17. The third kappa shape index (κ3) is 9.05. The molecule has 0 aliphatic rings. The van der Waals surface area contributed by atoms with E-state index < -0.39 is 0 Å². The summed E-state index contributed by atoms with van der Waals surface area (Å²) in [5.41, 5.74) is 6.56. The van der Waals surface area contributed by atoms with Crippen LogP contribution in [0, 0.1) is 0 Å². The maximum atomic E-state index is 11.1. The Morgan fingerprint density at radius 1 is 0.711 bits per heavy atom. The van der Waals surface area contributed by atoms with Gasteiger partial charge in [0.25, 0.3) is 0 Å². The lowest BCUT2D eigenvalue weighted by Crippen LogP contribution is -2.00. The molecule has 0 aliphatic carbocycles. The summed E-state index contributed by atoms with van der Waals surface area (Å²) in [6, 6.07) is 4.83. The van der Waals surface area contributed by atoms with Gasteiger partial charge >= 0.3 is 0 Å². The summed E-state index contributed by atoms with van der Waals surface area (Å²) in [4.78, 5) is 0. The first-order valence-electron chi connectivity index (χ1n) is 13.1. The van der Waals surface area contributed by atoms with Gasteiger partial charge < -0.3 is 24.8 Å². The molecule has 5 nitrogen and oxygen atoms in total. The zero-order valence-electron chi connectivity index (χ0n) is 24.2. The average Bonchev–Trinajstić information content (AvgIpc) is 2.81. The van der Waals surface area contributed by atoms with Crippen LogP contribution in [0.4, 0.5) is 0 Å². The molecule has 0 bridgehead atoms. The number of allylic oxidation sites excluding steroid dienone is 8. The minimum Gasteiger partial charge on any atom is -0.507 e. The zero-order valence-corrected chi connectivity index (χ0v) is 24.2. The van der Waals surface area contributed by atoms with Gasteiger partial charge in [-0.3, -0.25) is 0 Å². The Morgan fingerprint density at radius 2 is 1.26 bits per heavy atom. The van der Waals surface area contributed by atoms with E-state index in [0.717, 1.165) is 24.0 Å². The van der Waals surface area contributed by atoms with Crippen molar-refractivity contribution >= 4 is 0 Å². The summed E-state index contributed by atoms with van der Waals surface area (Å²) in [6.07, 6.45) is 11.7. The Hall–Kier alpha value is -3.60. The Bertz CT molecular complexity index is 1210. The molecule has 2 aromatic carbocycles. The van der Waals surface area contributed by atoms with E-state index in [-0.39, 0.29) is 17.2 Å². The molecule has 0 amide bonds. The maximum Gasteiger partial charge on any atom is 0.168 e.